The molecule has 0 aromatic carbocycles. The third-order valence-corrected chi connectivity index (χ3v) is 1.67. The smallest absolute Gasteiger partial charge is 0.217 e. The summed E-state index contributed by atoms with van der Waals surface area (Å²) in [6.07, 6.45) is 7.08. The van der Waals surface area contributed by atoms with Gasteiger partial charge in [-0.1, -0.05) is 17.9 Å². The fourth-order valence-electron chi connectivity index (χ4n) is 1.11. The molecule has 0 spiro atoms. The largest absolute Gasteiger partial charge is 0.358 e. The Hall–Kier alpha value is -0.740. The summed E-state index contributed by atoms with van der Waals surface area (Å²) in [6, 6.07) is 0. The van der Waals surface area contributed by atoms with Crippen LogP contribution in [0.15, 0.2) is 11.6 Å². The van der Waals surface area contributed by atoms with Crippen LogP contribution in [0.4, 0.5) is 0 Å². The second-order valence-electron chi connectivity index (χ2n) is 2.53. The van der Waals surface area contributed by atoms with Gasteiger partial charge in [0.05, 0.1) is 0 Å². The highest BCUT2D eigenvalue weighted by Gasteiger charge is 1.98. The lowest BCUT2D eigenvalue weighted by molar-refractivity contribution is 0.301. The summed E-state index contributed by atoms with van der Waals surface area (Å²) in [4.78, 5) is 0. The minimum absolute atomic E-state index is 1.12. The quantitative estimate of drug-likeness (QED) is 0.518. The van der Waals surface area contributed by atoms with Gasteiger partial charge in [0.1, 0.15) is 0 Å². The SMILES string of the molecule is CO[C]C#CC1=CCCCC1. The molecule has 0 heterocycles. The number of hydrogen-bond donors (Lipinski definition) is 0. The van der Waals surface area contributed by atoms with Crippen LogP contribution in [0.2, 0.25) is 0 Å². The van der Waals surface area contributed by atoms with Crippen LogP contribution in [0.25, 0.3) is 0 Å². The van der Waals surface area contributed by atoms with Crippen LogP contribution in [0, 0.1) is 18.4 Å². The Morgan fingerprint density at radius 3 is 3.00 bits per heavy atom. The maximum Gasteiger partial charge on any atom is 0.217 e. The molecule has 11 heavy (non-hydrogen) atoms. The summed E-state index contributed by atoms with van der Waals surface area (Å²) in [5, 5.41) is 0. The zero-order chi connectivity index (χ0) is 7.94. The fourth-order valence-corrected chi connectivity index (χ4v) is 1.11. The fraction of sp³-hybridized carbons (Fsp3) is 0.500. The molecule has 0 aromatic rings. The Labute approximate surface area is 68.4 Å². The van der Waals surface area contributed by atoms with Gasteiger partial charge in [0.15, 0.2) is 0 Å². The Morgan fingerprint density at radius 1 is 1.45 bits per heavy atom. The first-order valence-corrected chi connectivity index (χ1v) is 3.91. The predicted octanol–water partition coefficient (Wildman–Crippen LogP) is 2.18. The number of allylic oxidation sites excluding steroid dienone is 2. The third kappa shape index (κ3) is 3.25. The van der Waals surface area contributed by atoms with Crippen molar-refractivity contribution >= 4 is 0 Å². The molecule has 58 valence electrons. The van der Waals surface area contributed by atoms with E-state index in [0.717, 1.165) is 6.42 Å². The van der Waals surface area contributed by atoms with Crippen LogP contribution in [0.3, 0.4) is 0 Å². The monoisotopic (exact) mass is 148 g/mol. The molecule has 0 aromatic heterocycles. The standard InChI is InChI=1S/C10H12O/c1-11-9-5-8-10-6-3-2-4-7-10/h6H,2-4,7H2,1H3. The van der Waals surface area contributed by atoms with Crippen LogP contribution >= 0.6 is 0 Å². The summed E-state index contributed by atoms with van der Waals surface area (Å²) in [7, 11) is 1.56. The van der Waals surface area contributed by atoms with E-state index in [1.165, 1.54) is 24.8 Å². The molecule has 0 aliphatic heterocycles. The van der Waals surface area contributed by atoms with E-state index in [-0.39, 0.29) is 0 Å². The Balaban J connectivity index is 2.36. The van der Waals surface area contributed by atoms with E-state index in [1.807, 2.05) is 0 Å². The Bertz CT molecular complexity index is 193. The minimum Gasteiger partial charge on any atom is -0.358 e. The lowest BCUT2D eigenvalue weighted by Gasteiger charge is -2.05. The zero-order valence-corrected chi connectivity index (χ0v) is 6.81. The van der Waals surface area contributed by atoms with Crippen molar-refractivity contribution in [3.8, 4) is 11.8 Å². The number of hydrogen-bond acceptors (Lipinski definition) is 1. The number of rotatable bonds is 1. The number of methoxy groups -OCH3 is 1. The van der Waals surface area contributed by atoms with Crippen molar-refractivity contribution in [2.45, 2.75) is 25.7 Å². The first-order chi connectivity index (χ1) is 5.43. The van der Waals surface area contributed by atoms with E-state index in [9.17, 15) is 0 Å². The maximum atomic E-state index is 4.58. The van der Waals surface area contributed by atoms with Gasteiger partial charge in [-0.2, -0.15) is 0 Å². The Morgan fingerprint density at radius 2 is 2.36 bits per heavy atom. The maximum absolute atomic E-state index is 4.58. The first kappa shape index (κ1) is 8.36. The third-order valence-electron chi connectivity index (χ3n) is 1.67. The van der Waals surface area contributed by atoms with Gasteiger partial charge in [-0.15, -0.1) is 0 Å². The van der Waals surface area contributed by atoms with Crippen LogP contribution in [-0.4, -0.2) is 7.11 Å². The molecule has 1 nitrogen and oxygen atoms in total. The molecule has 1 aliphatic rings. The average molecular weight is 148 g/mol. The van der Waals surface area contributed by atoms with Gasteiger partial charge in [0.25, 0.3) is 0 Å². The zero-order valence-electron chi connectivity index (χ0n) is 6.81. The first-order valence-electron chi connectivity index (χ1n) is 3.91. The van der Waals surface area contributed by atoms with E-state index in [4.69, 9.17) is 0 Å². The van der Waals surface area contributed by atoms with Crippen LogP contribution in [0.1, 0.15) is 25.7 Å². The van der Waals surface area contributed by atoms with Crippen LogP contribution in [-0.2, 0) is 4.74 Å². The van der Waals surface area contributed by atoms with Crippen molar-refractivity contribution in [3.05, 3.63) is 18.3 Å². The summed E-state index contributed by atoms with van der Waals surface area (Å²) < 4.78 is 4.58. The highest BCUT2D eigenvalue weighted by Crippen LogP contribution is 2.15. The molecule has 0 amide bonds. The van der Waals surface area contributed by atoms with Gasteiger partial charge in [0.2, 0.25) is 6.61 Å². The lowest BCUT2D eigenvalue weighted by atomic mass is 10.0. The lowest BCUT2D eigenvalue weighted by Crippen LogP contribution is -1.88. The van der Waals surface area contributed by atoms with Gasteiger partial charge in [-0.3, -0.25) is 0 Å². The topological polar surface area (TPSA) is 9.23 Å². The second-order valence-corrected chi connectivity index (χ2v) is 2.53. The summed E-state index contributed by atoms with van der Waals surface area (Å²) in [5.41, 5.74) is 1.24. The molecule has 0 N–H and O–H groups in total. The molecule has 0 fully saturated rings. The summed E-state index contributed by atoms with van der Waals surface area (Å²) in [5.74, 6) is 5.71. The summed E-state index contributed by atoms with van der Waals surface area (Å²) >= 11 is 0. The molecule has 1 heteroatoms. The number of ether oxygens (including phenoxy) is 1. The van der Waals surface area contributed by atoms with Crippen molar-refractivity contribution in [1.82, 2.24) is 0 Å². The van der Waals surface area contributed by atoms with Gasteiger partial charge < -0.3 is 4.74 Å². The Kier molecular flexibility index (Phi) is 3.79. The van der Waals surface area contributed by atoms with Gasteiger partial charge in [-0.25, -0.2) is 0 Å². The molecule has 0 saturated carbocycles. The molecule has 0 saturated heterocycles. The van der Waals surface area contributed by atoms with E-state index in [1.54, 1.807) is 7.11 Å². The molecule has 1 aliphatic carbocycles. The highest BCUT2D eigenvalue weighted by atomic mass is 16.5. The molecule has 2 radical (unpaired) electrons. The van der Waals surface area contributed by atoms with Crippen molar-refractivity contribution in [1.29, 1.82) is 0 Å². The van der Waals surface area contributed by atoms with E-state index in [2.05, 4.69) is 29.3 Å². The van der Waals surface area contributed by atoms with Crippen molar-refractivity contribution in [2.24, 2.45) is 0 Å². The van der Waals surface area contributed by atoms with Crippen LogP contribution < -0.4 is 0 Å². The molecular weight excluding hydrogens is 136 g/mol. The minimum atomic E-state index is 1.12. The normalized spacial score (nSPS) is 16.6. The van der Waals surface area contributed by atoms with E-state index in [0.29, 0.717) is 0 Å². The van der Waals surface area contributed by atoms with Gasteiger partial charge in [0, 0.05) is 7.11 Å². The van der Waals surface area contributed by atoms with E-state index >= 15 is 0 Å². The second kappa shape index (κ2) is 4.98. The van der Waals surface area contributed by atoms with Gasteiger partial charge >= 0.3 is 0 Å². The highest BCUT2D eigenvalue weighted by molar-refractivity contribution is 5.31. The molecule has 0 bridgehead atoms. The molecule has 1 rings (SSSR count). The van der Waals surface area contributed by atoms with E-state index < -0.39 is 0 Å². The predicted molar refractivity (Wildman–Crippen MR) is 44.6 cm³/mol. The van der Waals surface area contributed by atoms with Gasteiger partial charge in [-0.05, 0) is 31.3 Å². The summed E-state index contributed by atoms with van der Waals surface area (Å²) in [6.45, 7) is 2.49. The van der Waals surface area contributed by atoms with Crippen molar-refractivity contribution in [3.63, 3.8) is 0 Å². The van der Waals surface area contributed by atoms with Crippen molar-refractivity contribution < 1.29 is 4.74 Å². The molecule has 0 unspecified atom stereocenters. The van der Waals surface area contributed by atoms with Crippen LogP contribution in [0.5, 0.6) is 0 Å². The molecular formula is C10H12O. The van der Waals surface area contributed by atoms with Crippen molar-refractivity contribution in [2.75, 3.05) is 7.11 Å². The average Bonchev–Trinajstić information content (AvgIpc) is 2.07. The molecule has 0 atom stereocenters.